The topological polar surface area (TPSA) is 291 Å². The molecule has 0 saturated carbocycles. The van der Waals surface area contributed by atoms with Crippen LogP contribution in [0.25, 0.3) is 64.6 Å². The van der Waals surface area contributed by atoms with E-state index in [9.17, 15) is 63.2 Å². The quantitative estimate of drug-likeness (QED) is 0.0153. The van der Waals surface area contributed by atoms with Gasteiger partial charge in [0.1, 0.15) is 71.3 Å². The van der Waals surface area contributed by atoms with Gasteiger partial charge in [-0.15, -0.1) is 45.3 Å². The van der Waals surface area contributed by atoms with Crippen molar-refractivity contribution in [2.24, 2.45) is 0 Å². The fraction of sp³-hybridized carbons (Fsp3) is 0.0769. The number of rotatable bonds is 28. The van der Waals surface area contributed by atoms with Gasteiger partial charge in [0.05, 0.1) is 25.0 Å². The number of hydrogen-bond acceptors (Lipinski definition) is 24. The second-order valence-electron chi connectivity index (χ2n) is 29.4. The van der Waals surface area contributed by atoms with Crippen LogP contribution in [0.2, 0.25) is 5.02 Å². The van der Waals surface area contributed by atoms with Crippen molar-refractivity contribution in [3.63, 3.8) is 0 Å². The summed E-state index contributed by atoms with van der Waals surface area (Å²) in [5.41, 5.74) is 12.5. The Hall–Kier alpha value is -15.4. The number of carbonyl (C=O) groups excluding carboxylic acids is 8. The van der Waals surface area contributed by atoms with Crippen LogP contribution < -0.4 is 18.9 Å². The van der Waals surface area contributed by atoms with Crippen molar-refractivity contribution in [1.82, 2.24) is 0 Å². The Labute approximate surface area is 765 Å². The zero-order chi connectivity index (χ0) is 92.4. The summed E-state index contributed by atoms with van der Waals surface area (Å²) in [7, 11) is 0. The number of aromatic hydroxyl groups is 4. The molecule has 12 aromatic carbocycles. The summed E-state index contributed by atoms with van der Waals surface area (Å²) in [6.45, 7) is 16.5. The van der Waals surface area contributed by atoms with Crippen molar-refractivity contribution in [3.05, 3.63) is 375 Å². The zero-order valence-electron chi connectivity index (χ0n) is 70.6. The number of aryl methyl sites for hydroxylation is 8. The van der Waals surface area contributed by atoms with Crippen molar-refractivity contribution in [2.75, 3.05) is 0 Å². The van der Waals surface area contributed by atoms with E-state index in [1.165, 1.54) is 94.7 Å². The van der Waals surface area contributed by atoms with Crippen LogP contribution in [0.5, 0.6) is 69.0 Å². The number of ketones is 4. The minimum absolute atomic E-state index is 0.0796. The van der Waals surface area contributed by atoms with Crippen LogP contribution in [0.15, 0.2) is 256 Å². The summed E-state index contributed by atoms with van der Waals surface area (Å²) >= 11 is 11.2. The molecule has 0 radical (unpaired) electrons. The monoisotopic (exact) mass is 1830 g/mol. The molecule has 0 bridgehead atoms. The number of thiophene rings is 4. The van der Waals surface area contributed by atoms with E-state index in [-0.39, 0.29) is 46.1 Å². The Bertz CT molecular complexity index is 6670. The Morgan fingerprint density at radius 3 is 0.838 bits per heavy atom. The molecule has 0 fully saturated rings. The van der Waals surface area contributed by atoms with Gasteiger partial charge >= 0.3 is 0 Å². The van der Waals surface area contributed by atoms with E-state index in [2.05, 4.69) is 18.9 Å². The first-order valence-electron chi connectivity index (χ1n) is 39.7. The van der Waals surface area contributed by atoms with Crippen LogP contribution in [-0.4, -0.2) is 69.4 Å². The number of halogens is 2. The molecule has 0 aliphatic heterocycles. The third kappa shape index (κ3) is 22.3. The lowest BCUT2D eigenvalue weighted by Crippen LogP contribution is -2.06. The Morgan fingerprint density at radius 2 is 0.562 bits per heavy atom. The molecule has 0 unspecified atom stereocenters. The lowest BCUT2D eigenvalue weighted by molar-refractivity contribution is -0.124. The van der Waals surface area contributed by atoms with Crippen LogP contribution in [-0.2, 0) is 38.1 Å². The fourth-order valence-electron chi connectivity index (χ4n) is 14.1. The molecule has 20 nitrogen and oxygen atoms in total. The van der Waals surface area contributed by atoms with E-state index >= 15 is 0 Å². The van der Waals surface area contributed by atoms with Gasteiger partial charge in [0.25, 0.3) is 25.9 Å². The van der Waals surface area contributed by atoms with E-state index in [0.717, 1.165) is 91.5 Å². The van der Waals surface area contributed by atoms with Gasteiger partial charge in [-0.25, -0.2) is 4.39 Å². The third-order valence-corrected chi connectivity index (χ3v) is 24.8. The van der Waals surface area contributed by atoms with Crippen LogP contribution in [0.4, 0.5) is 4.39 Å². The SMILES string of the molecule is Cc1cc(C)c(C(=O)c2sc3cc(O)ccc3c2Oc2ccc(/C=C/OC=O)cc2)c(C)c1.Cc1cc(Cl)cc(C)c1C(=O)c1sc2cc(O)ccc2c1Oc1ccc(/C=C/OC=O)cc1.Cc1cc(F)ccc1C(=O)c1sc2cc(O)ccc2c1Oc1ccc(/C=C/OC=O)cc1.Cc1ccc(C(=O)c2sc3cc(O)ccc3c2Oc2ccc(/C=C/OC=O)cc2)c(C)c1. The van der Waals surface area contributed by atoms with Crippen molar-refractivity contribution in [1.29, 1.82) is 0 Å². The number of phenolic OH excluding ortho intramolecular Hbond substituents is 4. The normalized spacial score (nSPS) is 11.1. The molecular formula is C104H78ClFO20S4. The molecule has 0 saturated heterocycles. The summed E-state index contributed by atoms with van der Waals surface area (Å²) in [5, 5.41) is 43.2. The first-order valence-corrected chi connectivity index (χ1v) is 43.3. The maximum absolute atomic E-state index is 13.7. The number of benzene rings is 12. The minimum atomic E-state index is -0.413. The van der Waals surface area contributed by atoms with E-state index in [4.69, 9.17) is 30.5 Å². The van der Waals surface area contributed by atoms with Crippen molar-refractivity contribution in [2.45, 2.75) is 55.4 Å². The average molecular weight is 1830 g/mol. The maximum atomic E-state index is 13.7. The van der Waals surface area contributed by atoms with Crippen molar-refractivity contribution < 1.29 is 101 Å². The van der Waals surface area contributed by atoms with Gasteiger partial charge in [0, 0.05) is 67.6 Å². The van der Waals surface area contributed by atoms with Crippen molar-refractivity contribution >= 4 is 171 Å². The largest absolute Gasteiger partial charge is 0.508 e. The second-order valence-corrected chi connectivity index (χ2v) is 34.0. The first-order chi connectivity index (χ1) is 62.6. The summed E-state index contributed by atoms with van der Waals surface area (Å²) in [6.07, 6.45) is 11.7. The molecular weight excluding hydrogens is 1750 g/mol. The molecule has 26 heteroatoms. The second kappa shape index (κ2) is 42.3. The summed E-state index contributed by atoms with van der Waals surface area (Å²) in [6, 6.07) is 65.4. The minimum Gasteiger partial charge on any atom is -0.508 e. The highest BCUT2D eigenvalue weighted by Crippen LogP contribution is 2.49. The van der Waals surface area contributed by atoms with E-state index in [0.29, 0.717) is 134 Å². The maximum Gasteiger partial charge on any atom is 0.297 e. The average Bonchev–Trinajstić information content (AvgIpc) is 1.62. The molecule has 0 spiro atoms. The predicted octanol–water partition coefficient (Wildman–Crippen LogP) is 26.4. The molecule has 4 heterocycles. The molecule has 652 valence electrons. The zero-order valence-corrected chi connectivity index (χ0v) is 74.6. The number of carbonyl (C=O) groups is 8. The van der Waals surface area contributed by atoms with Crippen LogP contribution >= 0.6 is 56.9 Å². The third-order valence-electron chi connectivity index (χ3n) is 20.0. The van der Waals surface area contributed by atoms with Gasteiger partial charge in [-0.3, -0.25) is 38.4 Å². The van der Waals surface area contributed by atoms with Gasteiger partial charge in [-0.1, -0.05) is 102 Å². The first kappa shape index (κ1) is 92.3. The van der Waals surface area contributed by atoms with Gasteiger partial charge in [0.15, 0.2) is 23.0 Å². The number of ether oxygens (including phenoxy) is 8. The number of phenols is 4. The highest BCUT2D eigenvalue weighted by molar-refractivity contribution is 7.22. The lowest BCUT2D eigenvalue weighted by atomic mass is 9.95. The molecule has 0 aliphatic carbocycles. The highest BCUT2D eigenvalue weighted by atomic mass is 35.5. The van der Waals surface area contributed by atoms with Crippen LogP contribution in [0.1, 0.15) is 128 Å². The molecule has 16 rings (SSSR count). The Kier molecular flexibility index (Phi) is 30.0. The van der Waals surface area contributed by atoms with E-state index in [1.807, 2.05) is 103 Å². The Balaban J connectivity index is 0.000000148. The van der Waals surface area contributed by atoms with E-state index < -0.39 is 5.82 Å². The van der Waals surface area contributed by atoms with Crippen LogP contribution in [0, 0.1) is 61.2 Å². The molecule has 4 N–H and O–H groups in total. The van der Waals surface area contributed by atoms with Gasteiger partial charge < -0.3 is 58.3 Å². The van der Waals surface area contributed by atoms with Gasteiger partial charge in [-0.2, -0.15) is 0 Å². The molecule has 0 amide bonds. The molecule has 4 aromatic heterocycles. The summed E-state index contributed by atoms with van der Waals surface area (Å²) < 4.78 is 59.4. The summed E-state index contributed by atoms with van der Waals surface area (Å²) in [5.74, 6) is 3.23. The number of fused-ring (bicyclic) bond motifs is 4. The Morgan fingerprint density at radius 1 is 0.300 bits per heavy atom. The molecule has 130 heavy (non-hydrogen) atoms. The standard InChI is InChI=1S/C27H22O5S.C26H19ClO5S.C26H20O5S.C25H17FO5S/c1-16-12-17(2)24(18(3)13-16)25(30)27-26(22-9-6-20(29)14-23(22)33-27)32-21-7-4-19(5-8-21)10-11-31-15-28;1-15-11-18(27)12-16(2)23(15)24(30)26-25(21-8-5-19(29)13-22(21)33-26)32-20-6-3-17(4-7-20)9-10-31-14-28;1-16-3-9-21(17(2)13-16)24(29)26-25(22-10-6-19(28)14-23(22)32-26)31-20-7-4-18(5-8-20)11-12-30-15-27;1-15-12-17(26)4-8-20(15)23(29)25-24(21-9-5-18(28)13-22(21)32-25)31-19-6-2-16(3-7-19)10-11-30-14-27/h4-15,29H,1-3H3;3-14,29H,1-2H3;3-15,28H,1-2H3;2-14,28H,1H3/b11-10+;10-9+;12-11+;11-10+. The van der Waals surface area contributed by atoms with Gasteiger partial charge in [-0.05, 0) is 287 Å². The van der Waals surface area contributed by atoms with E-state index in [1.54, 1.807) is 183 Å². The van der Waals surface area contributed by atoms with Gasteiger partial charge in [0.2, 0.25) is 23.1 Å². The molecule has 16 aromatic rings. The highest BCUT2D eigenvalue weighted by Gasteiger charge is 2.30. The lowest BCUT2D eigenvalue weighted by Gasteiger charge is -2.12. The summed E-state index contributed by atoms with van der Waals surface area (Å²) in [4.78, 5) is 96.9. The number of hydrogen-bond donors (Lipinski definition) is 4. The fourth-order valence-corrected chi connectivity index (χ4v) is 18.9. The van der Waals surface area contributed by atoms with Crippen molar-refractivity contribution in [3.8, 4) is 69.0 Å². The van der Waals surface area contributed by atoms with Crippen LogP contribution in [0.3, 0.4) is 0 Å². The predicted molar refractivity (Wildman–Crippen MR) is 507 cm³/mol. The smallest absolute Gasteiger partial charge is 0.297 e. The molecule has 0 atom stereocenters. The molecule has 0 aliphatic rings.